The van der Waals surface area contributed by atoms with E-state index in [-0.39, 0.29) is 0 Å². The van der Waals surface area contributed by atoms with Gasteiger partial charge in [-0.05, 0) is 83.0 Å². The van der Waals surface area contributed by atoms with Gasteiger partial charge in [0, 0.05) is 0 Å². The van der Waals surface area contributed by atoms with Gasteiger partial charge < -0.3 is 0 Å². The van der Waals surface area contributed by atoms with Crippen molar-refractivity contribution in [2.24, 2.45) is 0 Å². The van der Waals surface area contributed by atoms with Crippen LogP contribution in [-0.2, 0) is 6.42 Å². The first kappa shape index (κ1) is 26.2. The first-order valence-corrected chi connectivity index (χ1v) is 13.8. The topological polar surface area (TPSA) is 0 Å². The van der Waals surface area contributed by atoms with Crippen LogP contribution in [0.25, 0.3) is 38.7 Å². The maximum absolute atomic E-state index is 2.25. The second kappa shape index (κ2) is 12.4. The summed E-state index contributed by atoms with van der Waals surface area (Å²) < 4.78 is 0. The van der Waals surface area contributed by atoms with E-state index in [1.807, 2.05) is 18.2 Å². The molecule has 0 spiro atoms. The summed E-state index contributed by atoms with van der Waals surface area (Å²) in [7, 11) is 0. The monoisotopic (exact) mass is 504 g/mol. The van der Waals surface area contributed by atoms with E-state index in [9.17, 15) is 0 Å². The Bertz CT molecular complexity index is 1650. The predicted molar refractivity (Wildman–Crippen MR) is 171 cm³/mol. The van der Waals surface area contributed by atoms with Crippen molar-refractivity contribution in [3.63, 3.8) is 0 Å². The van der Waals surface area contributed by atoms with Gasteiger partial charge in [-0.3, -0.25) is 0 Å². The molecule has 6 aromatic carbocycles. The molecule has 0 bridgehead atoms. The molecule has 39 heavy (non-hydrogen) atoms. The van der Waals surface area contributed by atoms with Gasteiger partial charge in [-0.15, -0.1) is 0 Å². The Morgan fingerprint density at radius 2 is 1.03 bits per heavy atom. The van der Waals surface area contributed by atoms with E-state index in [1.54, 1.807) is 0 Å². The summed E-state index contributed by atoms with van der Waals surface area (Å²) in [6.45, 7) is 6.45. The Kier molecular flexibility index (Phi) is 8.34. The zero-order valence-electron chi connectivity index (χ0n) is 23.2. The highest BCUT2D eigenvalue weighted by Crippen LogP contribution is 2.38. The average Bonchev–Trinajstić information content (AvgIpc) is 2.99. The van der Waals surface area contributed by atoms with Crippen LogP contribution < -0.4 is 0 Å². The predicted octanol–water partition coefficient (Wildman–Crippen LogP) is 10.9. The van der Waals surface area contributed by atoms with Crippen molar-refractivity contribution in [1.29, 1.82) is 0 Å². The fraction of sp³-hybridized carbons (Fsp3) is 0.128. The number of allylic oxidation sites excluding steroid dienone is 1. The number of fused-ring (bicyclic) bond motifs is 3. The number of hydrogen-bond donors (Lipinski definition) is 0. The SMILES string of the molecule is Cc1c2ccccc2c(-c2ccccc2)c2ccccc12.Cc1ccc2c(c1)C=CCC2.Cc1ccccc1. The van der Waals surface area contributed by atoms with Crippen LogP contribution in [0.3, 0.4) is 0 Å². The minimum Gasteiger partial charge on any atom is -0.0836 e. The molecule has 0 radical (unpaired) electrons. The van der Waals surface area contributed by atoms with Crippen LogP contribution >= 0.6 is 0 Å². The molecule has 7 rings (SSSR count). The van der Waals surface area contributed by atoms with Crippen molar-refractivity contribution >= 4 is 27.6 Å². The molecule has 0 fully saturated rings. The summed E-state index contributed by atoms with van der Waals surface area (Å²) in [5.41, 5.74) is 9.57. The Balaban J connectivity index is 0.000000142. The minimum absolute atomic E-state index is 1.20. The van der Waals surface area contributed by atoms with E-state index in [0.717, 1.165) is 0 Å². The lowest BCUT2D eigenvalue weighted by molar-refractivity contribution is 0.984. The van der Waals surface area contributed by atoms with Gasteiger partial charge in [0.1, 0.15) is 0 Å². The third kappa shape index (κ3) is 6.19. The quantitative estimate of drug-likeness (QED) is 0.195. The van der Waals surface area contributed by atoms with Crippen molar-refractivity contribution in [3.8, 4) is 11.1 Å². The van der Waals surface area contributed by atoms with Gasteiger partial charge in [-0.2, -0.15) is 0 Å². The molecule has 0 heteroatoms. The van der Waals surface area contributed by atoms with Crippen molar-refractivity contribution in [1.82, 2.24) is 0 Å². The molecule has 0 saturated heterocycles. The molecular weight excluding hydrogens is 468 g/mol. The van der Waals surface area contributed by atoms with Crippen molar-refractivity contribution < 1.29 is 0 Å². The molecule has 0 amide bonds. The van der Waals surface area contributed by atoms with E-state index in [1.165, 1.54) is 73.3 Å². The van der Waals surface area contributed by atoms with Crippen molar-refractivity contribution in [2.75, 3.05) is 0 Å². The molecule has 0 unspecified atom stereocenters. The summed E-state index contributed by atoms with van der Waals surface area (Å²) in [5.74, 6) is 0. The fourth-order valence-corrected chi connectivity index (χ4v) is 5.34. The van der Waals surface area contributed by atoms with Gasteiger partial charge in [0.2, 0.25) is 0 Å². The Morgan fingerprint density at radius 1 is 0.487 bits per heavy atom. The van der Waals surface area contributed by atoms with E-state index < -0.39 is 0 Å². The number of hydrogen-bond acceptors (Lipinski definition) is 0. The van der Waals surface area contributed by atoms with Crippen molar-refractivity contribution in [3.05, 3.63) is 161 Å². The van der Waals surface area contributed by atoms with E-state index >= 15 is 0 Å². The van der Waals surface area contributed by atoms with Crippen LogP contribution in [0, 0.1) is 20.8 Å². The minimum atomic E-state index is 1.20. The van der Waals surface area contributed by atoms with Gasteiger partial charge in [-0.1, -0.05) is 151 Å². The van der Waals surface area contributed by atoms with Crippen LogP contribution in [0.1, 0.15) is 34.2 Å². The van der Waals surface area contributed by atoms with E-state index in [4.69, 9.17) is 0 Å². The zero-order valence-corrected chi connectivity index (χ0v) is 23.2. The van der Waals surface area contributed by atoms with E-state index in [0.29, 0.717) is 0 Å². The summed E-state index contributed by atoms with van der Waals surface area (Å²) in [5, 5.41) is 5.35. The highest BCUT2D eigenvalue weighted by Gasteiger charge is 2.12. The number of benzene rings is 6. The van der Waals surface area contributed by atoms with Gasteiger partial charge in [0.05, 0.1) is 0 Å². The lowest BCUT2D eigenvalue weighted by Gasteiger charge is -2.15. The Labute approximate surface area is 233 Å². The van der Waals surface area contributed by atoms with Crippen molar-refractivity contribution in [2.45, 2.75) is 33.6 Å². The smallest absolute Gasteiger partial charge is 0.00266 e. The molecule has 0 saturated carbocycles. The summed E-state index contributed by atoms with van der Waals surface area (Å²) in [6.07, 6.45) is 6.90. The first-order chi connectivity index (χ1) is 19.1. The molecule has 6 aromatic rings. The molecule has 0 aliphatic heterocycles. The van der Waals surface area contributed by atoms with Gasteiger partial charge in [-0.25, -0.2) is 0 Å². The fourth-order valence-electron chi connectivity index (χ4n) is 5.34. The lowest BCUT2D eigenvalue weighted by atomic mass is 9.89. The molecule has 192 valence electrons. The molecule has 0 nitrogen and oxygen atoms in total. The molecule has 0 atom stereocenters. The second-order valence-electron chi connectivity index (χ2n) is 10.3. The second-order valence-corrected chi connectivity index (χ2v) is 10.3. The van der Waals surface area contributed by atoms with Gasteiger partial charge >= 0.3 is 0 Å². The third-order valence-electron chi connectivity index (χ3n) is 7.38. The molecule has 1 aliphatic rings. The molecule has 0 heterocycles. The number of rotatable bonds is 1. The normalized spacial score (nSPS) is 11.7. The molecule has 0 N–H and O–H groups in total. The first-order valence-electron chi connectivity index (χ1n) is 13.8. The summed E-state index contributed by atoms with van der Waals surface area (Å²) >= 11 is 0. The van der Waals surface area contributed by atoms with Gasteiger partial charge in [0.25, 0.3) is 0 Å². The van der Waals surface area contributed by atoms with Crippen LogP contribution in [0.2, 0.25) is 0 Å². The molecule has 1 aliphatic carbocycles. The average molecular weight is 505 g/mol. The zero-order chi connectivity index (χ0) is 27.0. The molecule has 0 aromatic heterocycles. The molecular formula is C39H36. The number of aryl methyl sites for hydroxylation is 4. The Morgan fingerprint density at radius 3 is 1.59 bits per heavy atom. The maximum atomic E-state index is 2.25. The van der Waals surface area contributed by atoms with Crippen LogP contribution in [0.15, 0.2) is 133 Å². The highest BCUT2D eigenvalue weighted by molar-refractivity contribution is 6.14. The highest BCUT2D eigenvalue weighted by atomic mass is 14.1. The largest absolute Gasteiger partial charge is 0.0836 e. The third-order valence-corrected chi connectivity index (χ3v) is 7.38. The Hall–Kier alpha value is -4.42. The van der Waals surface area contributed by atoms with Crippen LogP contribution in [-0.4, -0.2) is 0 Å². The summed E-state index contributed by atoms with van der Waals surface area (Å²) in [4.78, 5) is 0. The van der Waals surface area contributed by atoms with Crippen LogP contribution in [0.4, 0.5) is 0 Å². The standard InChI is InChI=1S/C21H16.C11H12.C7H8/c1-15-17-11-5-7-13-19(17)21(16-9-3-2-4-10-16)20-14-8-6-12-18(15)20;1-9-6-7-10-4-2-3-5-11(10)8-9;1-7-5-3-2-4-6-7/h2-14H,1H3;3,5-8H,2,4H2,1H3;2-6H,1H3. The van der Waals surface area contributed by atoms with Crippen LogP contribution in [0.5, 0.6) is 0 Å². The van der Waals surface area contributed by atoms with Gasteiger partial charge in [0.15, 0.2) is 0 Å². The van der Waals surface area contributed by atoms with E-state index in [2.05, 4.69) is 142 Å². The maximum Gasteiger partial charge on any atom is -0.00266 e. The summed E-state index contributed by atoms with van der Waals surface area (Å²) in [6, 6.07) is 45.1. The lowest BCUT2D eigenvalue weighted by Crippen LogP contribution is -1.93.